The highest BCUT2D eigenvalue weighted by Gasteiger charge is 2.08. The standard InChI is InChI=1S/C21H20FN3O2/c22-19-8-6-15(12-17(19)14-26)20-9-7-16(13-25-20)21(27)24-11-3-5-18-4-1-2-10-23-18/h1-2,4,6-10,12-13,26H,3,5,11,14H2,(H,24,27). The molecule has 0 bridgehead atoms. The third-order valence-corrected chi connectivity index (χ3v) is 4.16. The van der Waals surface area contributed by atoms with Gasteiger partial charge < -0.3 is 10.4 Å². The number of carbonyl (C=O) groups is 1. The van der Waals surface area contributed by atoms with Crippen molar-refractivity contribution in [3.05, 3.63) is 83.6 Å². The minimum atomic E-state index is -0.456. The predicted octanol–water partition coefficient (Wildman–Crippen LogP) is 3.14. The first-order valence-electron chi connectivity index (χ1n) is 8.71. The van der Waals surface area contributed by atoms with Gasteiger partial charge in [0.05, 0.1) is 17.9 Å². The summed E-state index contributed by atoms with van der Waals surface area (Å²) in [6, 6.07) is 13.6. The van der Waals surface area contributed by atoms with Gasteiger partial charge >= 0.3 is 0 Å². The predicted molar refractivity (Wildman–Crippen MR) is 100 cm³/mol. The van der Waals surface area contributed by atoms with Crippen LogP contribution in [-0.2, 0) is 13.0 Å². The van der Waals surface area contributed by atoms with Crippen LogP contribution in [0.5, 0.6) is 0 Å². The topological polar surface area (TPSA) is 75.1 Å². The monoisotopic (exact) mass is 365 g/mol. The number of hydrogen-bond acceptors (Lipinski definition) is 4. The van der Waals surface area contributed by atoms with Crippen molar-refractivity contribution >= 4 is 5.91 Å². The maximum Gasteiger partial charge on any atom is 0.252 e. The number of carbonyl (C=O) groups excluding carboxylic acids is 1. The van der Waals surface area contributed by atoms with Gasteiger partial charge in [0.25, 0.3) is 5.91 Å². The summed E-state index contributed by atoms with van der Waals surface area (Å²) in [6.07, 6.45) is 4.85. The molecule has 3 aromatic rings. The molecule has 5 nitrogen and oxygen atoms in total. The maximum absolute atomic E-state index is 13.5. The normalized spacial score (nSPS) is 10.6. The maximum atomic E-state index is 13.5. The number of aromatic nitrogens is 2. The first kappa shape index (κ1) is 18.7. The van der Waals surface area contributed by atoms with Gasteiger partial charge in [-0.1, -0.05) is 6.07 Å². The van der Waals surface area contributed by atoms with Crippen molar-refractivity contribution in [2.45, 2.75) is 19.4 Å². The number of pyridine rings is 2. The molecule has 3 rings (SSSR count). The summed E-state index contributed by atoms with van der Waals surface area (Å²) in [5.41, 5.74) is 2.96. The number of hydrogen-bond donors (Lipinski definition) is 2. The van der Waals surface area contributed by atoms with Crippen LogP contribution in [-0.4, -0.2) is 27.5 Å². The molecule has 0 saturated carbocycles. The van der Waals surface area contributed by atoms with Gasteiger partial charge in [-0.05, 0) is 55.3 Å². The Labute approximate surface area is 156 Å². The number of rotatable bonds is 7. The van der Waals surface area contributed by atoms with Gasteiger partial charge in [-0.15, -0.1) is 0 Å². The van der Waals surface area contributed by atoms with E-state index < -0.39 is 5.82 Å². The Kier molecular flexibility index (Phi) is 6.22. The molecule has 0 spiro atoms. The van der Waals surface area contributed by atoms with E-state index in [-0.39, 0.29) is 18.1 Å². The number of halogens is 1. The second kappa shape index (κ2) is 9.00. The molecular weight excluding hydrogens is 345 g/mol. The number of amides is 1. The fraction of sp³-hybridized carbons (Fsp3) is 0.190. The van der Waals surface area contributed by atoms with Crippen LogP contribution in [0.2, 0.25) is 0 Å². The zero-order valence-corrected chi connectivity index (χ0v) is 14.7. The summed E-state index contributed by atoms with van der Waals surface area (Å²) in [4.78, 5) is 20.7. The molecule has 0 atom stereocenters. The van der Waals surface area contributed by atoms with E-state index >= 15 is 0 Å². The summed E-state index contributed by atoms with van der Waals surface area (Å²) in [6.45, 7) is 0.174. The number of aliphatic hydroxyl groups excluding tert-OH is 1. The highest BCUT2D eigenvalue weighted by atomic mass is 19.1. The summed E-state index contributed by atoms with van der Waals surface area (Å²) in [7, 11) is 0. The number of aryl methyl sites for hydroxylation is 1. The van der Waals surface area contributed by atoms with Crippen LogP contribution in [0.3, 0.4) is 0 Å². The van der Waals surface area contributed by atoms with Gasteiger partial charge in [-0.2, -0.15) is 0 Å². The molecule has 0 saturated heterocycles. The lowest BCUT2D eigenvalue weighted by Crippen LogP contribution is -2.24. The second-order valence-electron chi connectivity index (χ2n) is 6.08. The molecule has 1 amide bonds. The molecule has 2 heterocycles. The first-order chi connectivity index (χ1) is 13.2. The quantitative estimate of drug-likeness (QED) is 0.631. The summed E-state index contributed by atoms with van der Waals surface area (Å²) in [5, 5.41) is 12.0. The highest BCUT2D eigenvalue weighted by molar-refractivity contribution is 5.94. The summed E-state index contributed by atoms with van der Waals surface area (Å²) < 4.78 is 13.5. The molecule has 6 heteroatoms. The molecule has 27 heavy (non-hydrogen) atoms. The number of nitrogens with one attached hydrogen (secondary N) is 1. The van der Waals surface area contributed by atoms with Crippen LogP contribution >= 0.6 is 0 Å². The Bertz CT molecular complexity index is 899. The average molecular weight is 365 g/mol. The van der Waals surface area contributed by atoms with E-state index in [1.807, 2.05) is 18.2 Å². The Hall–Kier alpha value is -3.12. The molecule has 0 aliphatic heterocycles. The molecule has 0 unspecified atom stereocenters. The molecule has 0 aliphatic carbocycles. The fourth-order valence-corrected chi connectivity index (χ4v) is 2.67. The molecule has 0 fully saturated rings. The van der Waals surface area contributed by atoms with Gasteiger partial charge in [-0.25, -0.2) is 4.39 Å². The van der Waals surface area contributed by atoms with E-state index in [1.54, 1.807) is 30.5 Å². The van der Waals surface area contributed by atoms with E-state index in [0.717, 1.165) is 18.5 Å². The van der Waals surface area contributed by atoms with Crippen LogP contribution < -0.4 is 5.32 Å². The second-order valence-corrected chi connectivity index (χ2v) is 6.08. The van der Waals surface area contributed by atoms with E-state index in [0.29, 0.717) is 23.4 Å². The average Bonchev–Trinajstić information content (AvgIpc) is 2.72. The Morgan fingerprint density at radius 1 is 1.11 bits per heavy atom. The first-order valence-corrected chi connectivity index (χ1v) is 8.71. The fourth-order valence-electron chi connectivity index (χ4n) is 2.67. The zero-order chi connectivity index (χ0) is 19.1. The van der Waals surface area contributed by atoms with Crippen molar-refractivity contribution in [3.63, 3.8) is 0 Å². The van der Waals surface area contributed by atoms with E-state index in [1.165, 1.54) is 12.3 Å². The molecule has 0 radical (unpaired) electrons. The molecule has 138 valence electrons. The number of benzene rings is 1. The van der Waals surface area contributed by atoms with Crippen LogP contribution in [0.15, 0.2) is 60.9 Å². The molecule has 2 N–H and O–H groups in total. The minimum absolute atomic E-state index is 0.190. The largest absolute Gasteiger partial charge is 0.392 e. The molecule has 0 aliphatic rings. The Balaban J connectivity index is 1.55. The third-order valence-electron chi connectivity index (χ3n) is 4.16. The summed E-state index contributed by atoms with van der Waals surface area (Å²) >= 11 is 0. The van der Waals surface area contributed by atoms with Gasteiger partial charge in [0.15, 0.2) is 0 Å². The third kappa shape index (κ3) is 4.95. The molecule has 2 aromatic heterocycles. The molecular formula is C21H20FN3O2. The van der Waals surface area contributed by atoms with Crippen LogP contribution in [0.4, 0.5) is 4.39 Å². The van der Waals surface area contributed by atoms with Crippen molar-refractivity contribution in [1.29, 1.82) is 0 Å². The SMILES string of the molecule is O=C(NCCCc1ccccn1)c1ccc(-c2ccc(F)c(CO)c2)nc1. The summed E-state index contributed by atoms with van der Waals surface area (Å²) in [5.74, 6) is -0.645. The van der Waals surface area contributed by atoms with Crippen LogP contribution in [0.1, 0.15) is 28.0 Å². The van der Waals surface area contributed by atoms with Crippen LogP contribution in [0.25, 0.3) is 11.3 Å². The van der Waals surface area contributed by atoms with Crippen molar-refractivity contribution in [1.82, 2.24) is 15.3 Å². The van der Waals surface area contributed by atoms with E-state index in [9.17, 15) is 9.18 Å². The lowest BCUT2D eigenvalue weighted by atomic mass is 10.1. The van der Waals surface area contributed by atoms with Crippen molar-refractivity contribution < 1.29 is 14.3 Å². The van der Waals surface area contributed by atoms with E-state index in [4.69, 9.17) is 5.11 Å². The Morgan fingerprint density at radius 3 is 2.70 bits per heavy atom. The number of nitrogens with zero attached hydrogens (tertiary/aromatic N) is 2. The van der Waals surface area contributed by atoms with Gasteiger partial charge in [0.2, 0.25) is 0 Å². The van der Waals surface area contributed by atoms with Crippen LogP contribution in [0, 0.1) is 5.82 Å². The smallest absolute Gasteiger partial charge is 0.252 e. The van der Waals surface area contributed by atoms with Crippen molar-refractivity contribution in [2.75, 3.05) is 6.54 Å². The van der Waals surface area contributed by atoms with Crippen molar-refractivity contribution in [2.24, 2.45) is 0 Å². The minimum Gasteiger partial charge on any atom is -0.392 e. The Morgan fingerprint density at radius 2 is 2.00 bits per heavy atom. The highest BCUT2D eigenvalue weighted by Crippen LogP contribution is 2.20. The lowest BCUT2D eigenvalue weighted by Gasteiger charge is -2.07. The van der Waals surface area contributed by atoms with Gasteiger partial charge in [0, 0.05) is 35.8 Å². The van der Waals surface area contributed by atoms with Gasteiger partial charge in [0.1, 0.15) is 5.82 Å². The molecule has 1 aromatic carbocycles. The van der Waals surface area contributed by atoms with Crippen molar-refractivity contribution in [3.8, 4) is 11.3 Å². The number of aliphatic hydroxyl groups is 1. The van der Waals surface area contributed by atoms with Gasteiger partial charge in [-0.3, -0.25) is 14.8 Å². The lowest BCUT2D eigenvalue weighted by molar-refractivity contribution is 0.0953. The van der Waals surface area contributed by atoms with E-state index in [2.05, 4.69) is 15.3 Å². The zero-order valence-electron chi connectivity index (χ0n) is 14.7.